The summed E-state index contributed by atoms with van der Waals surface area (Å²) in [5.41, 5.74) is 0. The number of nitrogens with zero attached hydrogens (tertiary/aromatic N) is 1. The molecule has 0 spiro atoms. The lowest BCUT2D eigenvalue weighted by Gasteiger charge is -2.05. The summed E-state index contributed by atoms with van der Waals surface area (Å²) >= 11 is 1.27. The average molecular weight is 138 g/mol. The zero-order valence-electron chi connectivity index (χ0n) is 4.85. The molecule has 1 aliphatic rings. The summed E-state index contributed by atoms with van der Waals surface area (Å²) in [5.74, 6) is 0. The molecule has 3 heteroatoms. The topological polar surface area (TPSA) is 47.6 Å². The lowest BCUT2D eigenvalue weighted by molar-refractivity contribution is 1.09. The molecule has 0 aromatic carbocycles. The molecule has 46 valence electrons. The Morgan fingerprint density at radius 2 is 2.56 bits per heavy atom. The molecule has 0 aromatic rings. The van der Waals surface area contributed by atoms with Crippen molar-refractivity contribution in [3.05, 3.63) is 11.0 Å². The normalized spacial score (nSPS) is 18.6. The van der Waals surface area contributed by atoms with Crippen LogP contribution in [-0.2, 0) is 0 Å². The van der Waals surface area contributed by atoms with E-state index in [1.807, 2.05) is 12.1 Å². The first-order valence-corrected chi connectivity index (χ1v) is 3.50. The standard InChI is InChI=1S/C6H6N2S/c7-4-5-2-1-3-6(8)9-5/h2,8H,1,3H2. The molecule has 0 unspecified atom stereocenters. The number of hydrogen-bond acceptors (Lipinski definition) is 3. The average Bonchev–Trinajstić information content (AvgIpc) is 1.88. The van der Waals surface area contributed by atoms with Crippen molar-refractivity contribution in [2.75, 3.05) is 0 Å². The molecule has 0 atom stereocenters. The van der Waals surface area contributed by atoms with Crippen molar-refractivity contribution in [2.45, 2.75) is 12.8 Å². The zero-order valence-corrected chi connectivity index (χ0v) is 5.66. The second kappa shape index (κ2) is 2.70. The van der Waals surface area contributed by atoms with Crippen LogP contribution in [-0.4, -0.2) is 5.04 Å². The minimum Gasteiger partial charge on any atom is -0.298 e. The zero-order chi connectivity index (χ0) is 6.69. The predicted molar refractivity (Wildman–Crippen MR) is 38.2 cm³/mol. The first kappa shape index (κ1) is 6.37. The van der Waals surface area contributed by atoms with E-state index >= 15 is 0 Å². The fourth-order valence-electron chi connectivity index (χ4n) is 0.628. The van der Waals surface area contributed by atoms with E-state index in [2.05, 4.69) is 0 Å². The van der Waals surface area contributed by atoms with Gasteiger partial charge in [0, 0.05) is 0 Å². The lowest BCUT2D eigenvalue weighted by atomic mass is 10.3. The second-order valence-electron chi connectivity index (χ2n) is 1.74. The van der Waals surface area contributed by atoms with Gasteiger partial charge >= 0.3 is 0 Å². The summed E-state index contributed by atoms with van der Waals surface area (Å²) in [4.78, 5) is 0.672. The van der Waals surface area contributed by atoms with E-state index in [1.165, 1.54) is 11.8 Å². The summed E-state index contributed by atoms with van der Waals surface area (Å²) in [6, 6.07) is 2.02. The number of hydrogen-bond donors (Lipinski definition) is 1. The van der Waals surface area contributed by atoms with E-state index in [9.17, 15) is 0 Å². The molecule has 0 saturated heterocycles. The van der Waals surface area contributed by atoms with Crippen LogP contribution >= 0.6 is 11.8 Å². The van der Waals surface area contributed by atoms with E-state index in [1.54, 1.807) is 0 Å². The molecule has 0 radical (unpaired) electrons. The van der Waals surface area contributed by atoms with Gasteiger partial charge in [-0.25, -0.2) is 0 Å². The Morgan fingerprint density at radius 3 is 3.00 bits per heavy atom. The van der Waals surface area contributed by atoms with Crippen LogP contribution in [0.1, 0.15) is 12.8 Å². The maximum Gasteiger partial charge on any atom is 0.106 e. The third-order valence-electron chi connectivity index (χ3n) is 1.04. The molecule has 9 heavy (non-hydrogen) atoms. The molecule has 0 bridgehead atoms. The van der Waals surface area contributed by atoms with Gasteiger partial charge in [-0.3, -0.25) is 5.41 Å². The molecule has 1 N–H and O–H groups in total. The fourth-order valence-corrected chi connectivity index (χ4v) is 1.36. The minimum atomic E-state index is 0.606. The molecule has 1 heterocycles. The van der Waals surface area contributed by atoms with Gasteiger partial charge in [-0.1, -0.05) is 17.8 Å². The first-order chi connectivity index (χ1) is 4.33. The third kappa shape index (κ3) is 1.58. The molecule has 0 saturated carbocycles. The maximum atomic E-state index is 8.37. The van der Waals surface area contributed by atoms with Gasteiger partial charge in [0.25, 0.3) is 0 Å². The number of nitriles is 1. The summed E-state index contributed by atoms with van der Waals surface area (Å²) in [6.45, 7) is 0. The predicted octanol–water partition coefficient (Wildman–Crippen LogP) is 1.90. The van der Waals surface area contributed by atoms with E-state index in [0.717, 1.165) is 12.8 Å². The van der Waals surface area contributed by atoms with Gasteiger partial charge in [-0.05, 0) is 12.8 Å². The van der Waals surface area contributed by atoms with Crippen LogP contribution in [0.3, 0.4) is 0 Å². The van der Waals surface area contributed by atoms with Crippen molar-refractivity contribution in [1.29, 1.82) is 10.7 Å². The highest BCUT2D eigenvalue weighted by atomic mass is 32.2. The van der Waals surface area contributed by atoms with Gasteiger partial charge in [0.2, 0.25) is 0 Å². The van der Waals surface area contributed by atoms with Gasteiger partial charge < -0.3 is 0 Å². The van der Waals surface area contributed by atoms with Gasteiger partial charge in [0.05, 0.1) is 9.95 Å². The summed E-state index contributed by atoms with van der Waals surface area (Å²) < 4.78 is 0. The largest absolute Gasteiger partial charge is 0.298 e. The Labute approximate surface area is 58.1 Å². The molecule has 0 fully saturated rings. The Morgan fingerprint density at radius 1 is 1.78 bits per heavy atom. The van der Waals surface area contributed by atoms with Crippen molar-refractivity contribution in [3.63, 3.8) is 0 Å². The molecule has 0 aliphatic carbocycles. The van der Waals surface area contributed by atoms with Gasteiger partial charge in [-0.15, -0.1) is 0 Å². The molecule has 1 rings (SSSR count). The highest BCUT2D eigenvalue weighted by Crippen LogP contribution is 2.24. The van der Waals surface area contributed by atoms with E-state index in [-0.39, 0.29) is 0 Å². The fraction of sp³-hybridized carbons (Fsp3) is 0.333. The second-order valence-corrected chi connectivity index (χ2v) is 2.88. The Kier molecular flexibility index (Phi) is 1.91. The van der Waals surface area contributed by atoms with E-state index in [0.29, 0.717) is 9.95 Å². The van der Waals surface area contributed by atoms with Gasteiger partial charge in [0.1, 0.15) is 6.07 Å². The molecule has 2 nitrogen and oxygen atoms in total. The molecular formula is C6H6N2S. The van der Waals surface area contributed by atoms with Crippen LogP contribution in [0.5, 0.6) is 0 Å². The van der Waals surface area contributed by atoms with Gasteiger partial charge in [-0.2, -0.15) is 5.26 Å². The maximum absolute atomic E-state index is 8.37. The number of nitrogens with one attached hydrogen (secondary N) is 1. The quantitative estimate of drug-likeness (QED) is 0.555. The molecule has 1 aliphatic heterocycles. The van der Waals surface area contributed by atoms with Crippen molar-refractivity contribution in [3.8, 4) is 6.07 Å². The minimum absolute atomic E-state index is 0.606. The van der Waals surface area contributed by atoms with Crippen LogP contribution in [0.2, 0.25) is 0 Å². The highest BCUT2D eigenvalue weighted by molar-refractivity contribution is 8.17. The van der Waals surface area contributed by atoms with E-state index < -0.39 is 0 Å². The summed E-state index contributed by atoms with van der Waals surface area (Å²) in [7, 11) is 0. The Balaban J connectivity index is 2.67. The van der Waals surface area contributed by atoms with Crippen molar-refractivity contribution in [1.82, 2.24) is 0 Å². The SMILES string of the molecule is N#CC1=CCCC(=N)S1. The Bertz CT molecular complexity index is 200. The Hall–Kier alpha value is -0.750. The summed E-state index contributed by atoms with van der Waals surface area (Å²) in [6.07, 6.45) is 3.54. The highest BCUT2D eigenvalue weighted by Gasteiger charge is 2.06. The van der Waals surface area contributed by atoms with Crippen LogP contribution in [0.25, 0.3) is 0 Å². The molecule has 0 amide bonds. The number of allylic oxidation sites excluding steroid dienone is 2. The monoisotopic (exact) mass is 138 g/mol. The van der Waals surface area contributed by atoms with Crippen molar-refractivity contribution >= 4 is 16.8 Å². The van der Waals surface area contributed by atoms with Crippen LogP contribution in [0.4, 0.5) is 0 Å². The number of thioether (sulfide) groups is 1. The van der Waals surface area contributed by atoms with Crippen LogP contribution in [0, 0.1) is 16.7 Å². The molecule has 0 aromatic heterocycles. The van der Waals surface area contributed by atoms with Crippen molar-refractivity contribution in [2.24, 2.45) is 0 Å². The van der Waals surface area contributed by atoms with Gasteiger partial charge in [0.15, 0.2) is 0 Å². The van der Waals surface area contributed by atoms with E-state index in [4.69, 9.17) is 10.7 Å². The third-order valence-corrected chi connectivity index (χ3v) is 1.97. The lowest BCUT2D eigenvalue weighted by Crippen LogP contribution is -1.94. The smallest absolute Gasteiger partial charge is 0.106 e. The van der Waals surface area contributed by atoms with Crippen LogP contribution in [0.15, 0.2) is 11.0 Å². The molecular weight excluding hydrogens is 132 g/mol. The van der Waals surface area contributed by atoms with Crippen LogP contribution < -0.4 is 0 Å². The first-order valence-electron chi connectivity index (χ1n) is 2.68. The number of rotatable bonds is 0. The van der Waals surface area contributed by atoms with Crippen molar-refractivity contribution < 1.29 is 0 Å². The summed E-state index contributed by atoms with van der Waals surface area (Å²) in [5, 5.41) is 16.2.